The summed E-state index contributed by atoms with van der Waals surface area (Å²) in [5.74, 6) is 1.23. The lowest BCUT2D eigenvalue weighted by atomic mass is 9.99. The summed E-state index contributed by atoms with van der Waals surface area (Å²) in [7, 11) is 0. The summed E-state index contributed by atoms with van der Waals surface area (Å²) in [6.45, 7) is 2.08. The third kappa shape index (κ3) is 3.04. The monoisotopic (exact) mass is 154 g/mol. The fourth-order valence-corrected chi connectivity index (χ4v) is 1.92. The third-order valence-electron chi connectivity index (χ3n) is 2.52. The van der Waals surface area contributed by atoms with E-state index in [1.807, 2.05) is 0 Å². The molecule has 0 N–H and O–H groups in total. The van der Waals surface area contributed by atoms with Crippen LogP contribution in [-0.4, -0.2) is 5.78 Å². The molecule has 1 aliphatic rings. The highest BCUT2D eigenvalue weighted by molar-refractivity contribution is 5.78. The molecular formula is C10H18O. The first kappa shape index (κ1) is 8.76. The van der Waals surface area contributed by atoms with Gasteiger partial charge in [-0.15, -0.1) is 0 Å². The zero-order chi connectivity index (χ0) is 8.10. The van der Waals surface area contributed by atoms with Gasteiger partial charge in [-0.1, -0.05) is 32.6 Å². The number of carbonyl (C=O) groups is 1. The van der Waals surface area contributed by atoms with E-state index in [9.17, 15) is 4.79 Å². The lowest BCUT2D eigenvalue weighted by Gasteiger charge is -2.05. The molecule has 0 unspecified atom stereocenters. The molecule has 0 aliphatic heterocycles. The van der Waals surface area contributed by atoms with Gasteiger partial charge in [0.25, 0.3) is 0 Å². The molecule has 0 aromatic heterocycles. The van der Waals surface area contributed by atoms with Gasteiger partial charge in [-0.25, -0.2) is 0 Å². The summed E-state index contributed by atoms with van der Waals surface area (Å²) in [5.41, 5.74) is 0. The minimum Gasteiger partial charge on any atom is -0.300 e. The lowest BCUT2D eigenvalue weighted by molar-refractivity contribution is -0.119. The van der Waals surface area contributed by atoms with Crippen molar-refractivity contribution in [3.8, 4) is 0 Å². The van der Waals surface area contributed by atoms with E-state index in [0.717, 1.165) is 25.2 Å². The maximum Gasteiger partial charge on any atom is 0.133 e. The normalized spacial score (nSPS) is 19.0. The SMILES string of the molecule is CCCC(=O)CC1CCCC1. The zero-order valence-corrected chi connectivity index (χ0v) is 7.44. The van der Waals surface area contributed by atoms with Crippen molar-refractivity contribution in [2.45, 2.75) is 51.9 Å². The molecule has 0 atom stereocenters. The Kier molecular flexibility index (Phi) is 3.61. The Morgan fingerprint density at radius 1 is 1.36 bits per heavy atom. The Balaban J connectivity index is 2.13. The molecule has 1 rings (SSSR count). The average Bonchev–Trinajstić information content (AvgIpc) is 2.40. The highest BCUT2D eigenvalue weighted by Crippen LogP contribution is 2.27. The van der Waals surface area contributed by atoms with Crippen molar-refractivity contribution in [2.24, 2.45) is 5.92 Å². The minimum absolute atomic E-state index is 0.486. The van der Waals surface area contributed by atoms with Crippen molar-refractivity contribution >= 4 is 5.78 Å². The van der Waals surface area contributed by atoms with E-state index in [1.54, 1.807) is 0 Å². The molecule has 0 aromatic rings. The molecule has 0 radical (unpaired) electrons. The van der Waals surface area contributed by atoms with E-state index < -0.39 is 0 Å². The van der Waals surface area contributed by atoms with Crippen LogP contribution in [0.15, 0.2) is 0 Å². The van der Waals surface area contributed by atoms with Crippen LogP contribution in [0.5, 0.6) is 0 Å². The Labute approximate surface area is 69.2 Å². The van der Waals surface area contributed by atoms with Gasteiger partial charge in [0.05, 0.1) is 0 Å². The summed E-state index contributed by atoms with van der Waals surface area (Å²) in [4.78, 5) is 11.2. The van der Waals surface area contributed by atoms with Crippen molar-refractivity contribution in [2.75, 3.05) is 0 Å². The number of hydrogen-bond donors (Lipinski definition) is 0. The molecule has 0 heterocycles. The second-order valence-electron chi connectivity index (χ2n) is 3.64. The number of ketones is 1. The summed E-state index contributed by atoms with van der Waals surface area (Å²) in [6, 6.07) is 0. The van der Waals surface area contributed by atoms with Gasteiger partial charge in [0.15, 0.2) is 0 Å². The summed E-state index contributed by atoms with van der Waals surface area (Å²) < 4.78 is 0. The molecule has 1 nitrogen and oxygen atoms in total. The quantitative estimate of drug-likeness (QED) is 0.608. The topological polar surface area (TPSA) is 17.1 Å². The van der Waals surface area contributed by atoms with Crippen molar-refractivity contribution in [1.29, 1.82) is 0 Å². The predicted molar refractivity (Wildman–Crippen MR) is 46.5 cm³/mol. The van der Waals surface area contributed by atoms with E-state index in [1.165, 1.54) is 25.7 Å². The van der Waals surface area contributed by atoms with Gasteiger partial charge in [-0.05, 0) is 12.3 Å². The van der Waals surface area contributed by atoms with Crippen molar-refractivity contribution in [1.82, 2.24) is 0 Å². The van der Waals surface area contributed by atoms with Crippen LogP contribution in [0.3, 0.4) is 0 Å². The summed E-state index contributed by atoms with van der Waals surface area (Å²) in [5, 5.41) is 0. The predicted octanol–water partition coefficient (Wildman–Crippen LogP) is 2.94. The minimum atomic E-state index is 0.486. The standard InChI is InChI=1S/C10H18O/c1-2-5-10(11)8-9-6-3-4-7-9/h9H,2-8H2,1H3. The van der Waals surface area contributed by atoms with Crippen LogP contribution in [0.4, 0.5) is 0 Å². The lowest BCUT2D eigenvalue weighted by Crippen LogP contribution is -2.04. The van der Waals surface area contributed by atoms with E-state index in [-0.39, 0.29) is 0 Å². The van der Waals surface area contributed by atoms with Crippen LogP contribution in [0.2, 0.25) is 0 Å². The largest absolute Gasteiger partial charge is 0.300 e. The maximum atomic E-state index is 11.2. The Hall–Kier alpha value is -0.330. The van der Waals surface area contributed by atoms with Gasteiger partial charge < -0.3 is 0 Å². The highest BCUT2D eigenvalue weighted by Gasteiger charge is 2.17. The van der Waals surface area contributed by atoms with Crippen molar-refractivity contribution < 1.29 is 4.79 Å². The molecule has 0 bridgehead atoms. The summed E-state index contributed by atoms with van der Waals surface area (Å²) >= 11 is 0. The van der Waals surface area contributed by atoms with E-state index in [4.69, 9.17) is 0 Å². The molecule has 0 amide bonds. The van der Waals surface area contributed by atoms with Gasteiger partial charge in [-0.2, -0.15) is 0 Å². The molecule has 1 saturated carbocycles. The van der Waals surface area contributed by atoms with Crippen LogP contribution in [0.25, 0.3) is 0 Å². The summed E-state index contributed by atoms with van der Waals surface area (Å²) in [6.07, 6.45) is 7.99. The number of Topliss-reactive ketones (excluding diaryl/α,β-unsaturated/α-hetero) is 1. The second kappa shape index (κ2) is 4.53. The molecule has 1 fully saturated rings. The van der Waals surface area contributed by atoms with Crippen LogP contribution in [0, 0.1) is 5.92 Å². The first-order chi connectivity index (χ1) is 5.33. The highest BCUT2D eigenvalue weighted by atomic mass is 16.1. The fraction of sp³-hybridized carbons (Fsp3) is 0.900. The van der Waals surface area contributed by atoms with E-state index in [0.29, 0.717) is 5.78 Å². The molecular weight excluding hydrogens is 136 g/mol. The average molecular weight is 154 g/mol. The van der Waals surface area contributed by atoms with Crippen molar-refractivity contribution in [3.05, 3.63) is 0 Å². The van der Waals surface area contributed by atoms with E-state index in [2.05, 4.69) is 6.92 Å². The van der Waals surface area contributed by atoms with Crippen molar-refractivity contribution in [3.63, 3.8) is 0 Å². The number of carbonyl (C=O) groups excluding carboxylic acids is 1. The molecule has 64 valence electrons. The van der Waals surface area contributed by atoms with E-state index >= 15 is 0 Å². The number of rotatable bonds is 4. The van der Waals surface area contributed by atoms with Crippen LogP contribution in [-0.2, 0) is 4.79 Å². The third-order valence-corrected chi connectivity index (χ3v) is 2.52. The Morgan fingerprint density at radius 3 is 2.55 bits per heavy atom. The van der Waals surface area contributed by atoms with Gasteiger partial charge in [0.2, 0.25) is 0 Å². The molecule has 0 aromatic carbocycles. The molecule has 11 heavy (non-hydrogen) atoms. The van der Waals surface area contributed by atoms with Gasteiger partial charge in [0, 0.05) is 12.8 Å². The first-order valence-corrected chi connectivity index (χ1v) is 4.84. The van der Waals surface area contributed by atoms with Gasteiger partial charge >= 0.3 is 0 Å². The van der Waals surface area contributed by atoms with Crippen LogP contribution < -0.4 is 0 Å². The fourth-order valence-electron chi connectivity index (χ4n) is 1.92. The molecule has 0 spiro atoms. The smallest absolute Gasteiger partial charge is 0.133 e. The molecule has 1 aliphatic carbocycles. The van der Waals surface area contributed by atoms with Crippen LogP contribution >= 0.6 is 0 Å². The maximum absolute atomic E-state index is 11.2. The second-order valence-corrected chi connectivity index (χ2v) is 3.64. The number of hydrogen-bond acceptors (Lipinski definition) is 1. The van der Waals surface area contributed by atoms with Gasteiger partial charge in [0.1, 0.15) is 5.78 Å². The zero-order valence-electron chi connectivity index (χ0n) is 7.44. The Bertz CT molecular complexity index is 123. The first-order valence-electron chi connectivity index (χ1n) is 4.84. The molecule has 1 heteroatoms. The Morgan fingerprint density at radius 2 is 2.00 bits per heavy atom. The van der Waals surface area contributed by atoms with Gasteiger partial charge in [-0.3, -0.25) is 4.79 Å². The van der Waals surface area contributed by atoms with Crippen LogP contribution in [0.1, 0.15) is 51.9 Å². The molecule has 0 saturated heterocycles.